The second-order valence-electron chi connectivity index (χ2n) is 3.73. The summed E-state index contributed by atoms with van der Waals surface area (Å²) in [4.78, 5) is 21.8. The fraction of sp³-hybridized carbons (Fsp3) is 0.778. The maximum Gasteiger partial charge on any atom is 0.319 e. The Bertz CT molecular complexity index is 213. The highest BCUT2D eigenvalue weighted by Crippen LogP contribution is 2.32. The lowest BCUT2D eigenvalue weighted by atomic mass is 9.98. The first kappa shape index (κ1) is 12.5. The van der Waals surface area contributed by atoms with Crippen molar-refractivity contribution >= 4 is 22.8 Å². The summed E-state index contributed by atoms with van der Waals surface area (Å²) in [6.07, 6.45) is 0.507. The predicted molar refractivity (Wildman–Crippen MR) is 53.8 cm³/mol. The summed E-state index contributed by atoms with van der Waals surface area (Å²) >= 11 is 0.900. The highest BCUT2D eigenvalue weighted by molar-refractivity contribution is 8.15. The Kier molecular flexibility index (Phi) is 4.47. The molecule has 0 heterocycles. The van der Waals surface area contributed by atoms with Crippen molar-refractivity contribution in [2.75, 3.05) is 0 Å². The standard InChI is InChI=1S/C9H16O3S/c1-6(2)5-9(4,8(11)12)13-7(3)10/h6H,5H2,1-4H3,(H,11,12). The van der Waals surface area contributed by atoms with E-state index in [0.717, 1.165) is 11.8 Å². The van der Waals surface area contributed by atoms with Crippen LogP contribution in [0.2, 0.25) is 0 Å². The Hall–Kier alpha value is -0.510. The van der Waals surface area contributed by atoms with Crippen LogP contribution in [0.1, 0.15) is 34.1 Å². The molecule has 0 saturated carbocycles. The molecule has 3 nitrogen and oxygen atoms in total. The number of rotatable bonds is 4. The van der Waals surface area contributed by atoms with Crippen LogP contribution in [0.4, 0.5) is 0 Å². The summed E-state index contributed by atoms with van der Waals surface area (Å²) in [5.41, 5.74) is 0. The SMILES string of the molecule is CC(=O)SC(C)(CC(C)C)C(=O)O. The van der Waals surface area contributed by atoms with Crippen molar-refractivity contribution in [2.24, 2.45) is 5.92 Å². The highest BCUT2D eigenvalue weighted by Gasteiger charge is 2.36. The number of hydrogen-bond acceptors (Lipinski definition) is 3. The minimum absolute atomic E-state index is 0.148. The molecule has 0 rings (SSSR count). The molecule has 0 amide bonds. The lowest BCUT2D eigenvalue weighted by Gasteiger charge is -2.24. The van der Waals surface area contributed by atoms with E-state index in [4.69, 9.17) is 5.11 Å². The summed E-state index contributed by atoms with van der Waals surface area (Å²) in [6.45, 7) is 6.89. The van der Waals surface area contributed by atoms with Gasteiger partial charge in [0.05, 0.1) is 0 Å². The molecule has 1 unspecified atom stereocenters. The Labute approximate surface area is 82.9 Å². The molecule has 0 fully saturated rings. The van der Waals surface area contributed by atoms with Gasteiger partial charge in [0.1, 0.15) is 4.75 Å². The monoisotopic (exact) mass is 204 g/mol. The Morgan fingerprint density at radius 2 is 1.92 bits per heavy atom. The molecule has 0 aromatic carbocycles. The molecule has 0 aliphatic rings. The van der Waals surface area contributed by atoms with Gasteiger partial charge in [0.25, 0.3) is 0 Å². The number of carbonyl (C=O) groups excluding carboxylic acids is 1. The van der Waals surface area contributed by atoms with Crippen LogP contribution in [0.25, 0.3) is 0 Å². The Morgan fingerprint density at radius 3 is 2.15 bits per heavy atom. The number of carboxylic acids is 1. The lowest BCUT2D eigenvalue weighted by molar-refractivity contribution is -0.140. The van der Waals surface area contributed by atoms with Crippen molar-refractivity contribution in [3.05, 3.63) is 0 Å². The molecule has 76 valence electrons. The summed E-state index contributed by atoms with van der Waals surface area (Å²) in [7, 11) is 0. The minimum Gasteiger partial charge on any atom is -0.480 e. The van der Waals surface area contributed by atoms with E-state index in [1.807, 2.05) is 13.8 Å². The first-order valence-electron chi connectivity index (χ1n) is 4.21. The number of thioether (sulfide) groups is 1. The zero-order valence-corrected chi connectivity index (χ0v) is 9.27. The van der Waals surface area contributed by atoms with Crippen LogP contribution >= 0.6 is 11.8 Å². The van der Waals surface area contributed by atoms with E-state index in [1.165, 1.54) is 6.92 Å². The average molecular weight is 204 g/mol. The first-order valence-corrected chi connectivity index (χ1v) is 5.02. The molecule has 0 radical (unpaired) electrons. The van der Waals surface area contributed by atoms with Gasteiger partial charge in [-0.15, -0.1) is 0 Å². The van der Waals surface area contributed by atoms with Gasteiger partial charge in [0.2, 0.25) is 0 Å². The van der Waals surface area contributed by atoms with Gasteiger partial charge in [-0.2, -0.15) is 0 Å². The van der Waals surface area contributed by atoms with Crippen LogP contribution in [0.15, 0.2) is 0 Å². The molecule has 13 heavy (non-hydrogen) atoms. The third-order valence-corrected chi connectivity index (χ3v) is 2.70. The molecule has 1 N–H and O–H groups in total. The van der Waals surface area contributed by atoms with Gasteiger partial charge in [-0.3, -0.25) is 9.59 Å². The summed E-state index contributed by atoms with van der Waals surface area (Å²) in [5.74, 6) is -0.644. The van der Waals surface area contributed by atoms with Crippen molar-refractivity contribution in [2.45, 2.75) is 38.9 Å². The van der Waals surface area contributed by atoms with Crippen LogP contribution in [0.5, 0.6) is 0 Å². The highest BCUT2D eigenvalue weighted by atomic mass is 32.2. The van der Waals surface area contributed by atoms with Crippen LogP contribution in [0.3, 0.4) is 0 Å². The fourth-order valence-corrected chi connectivity index (χ4v) is 2.41. The topological polar surface area (TPSA) is 54.4 Å². The van der Waals surface area contributed by atoms with E-state index < -0.39 is 10.7 Å². The van der Waals surface area contributed by atoms with Gasteiger partial charge in [-0.05, 0) is 19.3 Å². The molecule has 4 heteroatoms. The third-order valence-electron chi connectivity index (χ3n) is 1.62. The number of carbonyl (C=O) groups is 2. The van der Waals surface area contributed by atoms with E-state index in [9.17, 15) is 9.59 Å². The molecular weight excluding hydrogens is 188 g/mol. The van der Waals surface area contributed by atoms with E-state index >= 15 is 0 Å². The van der Waals surface area contributed by atoms with Crippen molar-refractivity contribution in [3.8, 4) is 0 Å². The predicted octanol–water partition coefficient (Wildman–Crippen LogP) is 2.16. The minimum atomic E-state index is -0.972. The molecule has 0 bridgehead atoms. The second-order valence-corrected chi connectivity index (χ2v) is 5.41. The van der Waals surface area contributed by atoms with Gasteiger partial charge in [-0.25, -0.2) is 0 Å². The summed E-state index contributed by atoms with van der Waals surface area (Å²) in [5, 5.41) is 8.81. The Balaban J connectivity index is 4.52. The summed E-state index contributed by atoms with van der Waals surface area (Å²) < 4.78 is -0.972. The largest absolute Gasteiger partial charge is 0.480 e. The molecule has 1 atom stereocenters. The number of carboxylic acid groups (broad SMARTS) is 1. The average Bonchev–Trinajstić information content (AvgIpc) is 1.82. The number of hydrogen-bond donors (Lipinski definition) is 1. The fourth-order valence-electron chi connectivity index (χ4n) is 1.27. The van der Waals surface area contributed by atoms with Gasteiger partial charge in [0, 0.05) is 6.92 Å². The van der Waals surface area contributed by atoms with Gasteiger partial charge >= 0.3 is 5.97 Å². The first-order chi connectivity index (χ1) is 5.78. The van der Waals surface area contributed by atoms with E-state index in [0.29, 0.717) is 6.42 Å². The maximum absolute atomic E-state index is 10.9. The normalized spacial score (nSPS) is 15.5. The van der Waals surface area contributed by atoms with E-state index in [1.54, 1.807) is 6.92 Å². The van der Waals surface area contributed by atoms with Crippen molar-refractivity contribution in [3.63, 3.8) is 0 Å². The van der Waals surface area contributed by atoms with Gasteiger partial charge in [0.15, 0.2) is 5.12 Å². The van der Waals surface area contributed by atoms with Gasteiger partial charge in [-0.1, -0.05) is 25.6 Å². The van der Waals surface area contributed by atoms with Gasteiger partial charge < -0.3 is 5.11 Å². The molecule has 0 spiro atoms. The van der Waals surface area contributed by atoms with Crippen LogP contribution in [-0.4, -0.2) is 20.9 Å². The molecule has 0 aliphatic carbocycles. The number of aliphatic carboxylic acids is 1. The summed E-state index contributed by atoms with van der Waals surface area (Å²) in [6, 6.07) is 0. The smallest absolute Gasteiger partial charge is 0.319 e. The zero-order chi connectivity index (χ0) is 10.6. The van der Waals surface area contributed by atoms with Crippen LogP contribution in [0, 0.1) is 5.92 Å². The zero-order valence-electron chi connectivity index (χ0n) is 8.46. The Morgan fingerprint density at radius 1 is 1.46 bits per heavy atom. The van der Waals surface area contributed by atoms with Crippen molar-refractivity contribution in [1.82, 2.24) is 0 Å². The quantitative estimate of drug-likeness (QED) is 0.762. The molecule has 0 aromatic heterocycles. The molecule has 0 aromatic rings. The third kappa shape index (κ3) is 4.31. The van der Waals surface area contributed by atoms with E-state index in [-0.39, 0.29) is 11.0 Å². The molecular formula is C9H16O3S. The second kappa shape index (κ2) is 4.65. The molecule has 0 saturated heterocycles. The van der Waals surface area contributed by atoms with Crippen molar-refractivity contribution in [1.29, 1.82) is 0 Å². The van der Waals surface area contributed by atoms with Crippen LogP contribution in [-0.2, 0) is 9.59 Å². The lowest BCUT2D eigenvalue weighted by Crippen LogP contribution is -2.34. The van der Waals surface area contributed by atoms with Crippen molar-refractivity contribution < 1.29 is 14.7 Å². The molecule has 0 aliphatic heterocycles. The van der Waals surface area contributed by atoms with Crippen LogP contribution < -0.4 is 0 Å². The maximum atomic E-state index is 10.9. The van der Waals surface area contributed by atoms with E-state index in [2.05, 4.69) is 0 Å².